The number of rotatable bonds is 12. The first-order valence-corrected chi connectivity index (χ1v) is 9.24. The quantitative estimate of drug-likeness (QED) is 0.151. The van der Waals surface area contributed by atoms with Crippen molar-refractivity contribution in [1.82, 2.24) is 16.0 Å². The van der Waals surface area contributed by atoms with Crippen LogP contribution in [0.5, 0.6) is 0 Å². The number of hydrogen-bond acceptors (Lipinski definition) is 7. The molecule has 0 aliphatic heterocycles. The van der Waals surface area contributed by atoms with Gasteiger partial charge in [0.1, 0.15) is 18.4 Å². The van der Waals surface area contributed by atoms with Crippen molar-refractivity contribution in [3.8, 4) is 0 Å². The van der Waals surface area contributed by atoms with Crippen molar-refractivity contribution in [2.45, 2.75) is 32.4 Å². The summed E-state index contributed by atoms with van der Waals surface area (Å²) in [4.78, 5) is 63.6. The van der Waals surface area contributed by atoms with Gasteiger partial charge in [-0.1, -0.05) is 13.8 Å². The summed E-state index contributed by atoms with van der Waals surface area (Å²) >= 11 is 0. The molecule has 0 aromatic carbocycles. The molecule has 0 spiro atoms. The van der Waals surface area contributed by atoms with Crippen LogP contribution >= 0.6 is 7.82 Å². The maximum atomic E-state index is 12.3. The first kappa shape index (κ1) is 24.1. The first-order chi connectivity index (χ1) is 12.0. The minimum absolute atomic E-state index is 0.00529. The van der Waals surface area contributed by atoms with Crippen LogP contribution < -0.4 is 21.7 Å². The Balaban J connectivity index is 5.15. The van der Waals surface area contributed by atoms with Crippen LogP contribution in [0.3, 0.4) is 0 Å². The lowest BCUT2D eigenvalue weighted by Crippen LogP contribution is -2.56. The molecule has 0 saturated heterocycles. The van der Waals surface area contributed by atoms with Gasteiger partial charge < -0.3 is 36.3 Å². The van der Waals surface area contributed by atoms with E-state index in [0.717, 1.165) is 0 Å². The maximum absolute atomic E-state index is 12.3. The molecule has 0 rings (SSSR count). The van der Waals surface area contributed by atoms with Gasteiger partial charge in [0.2, 0.25) is 17.7 Å². The van der Waals surface area contributed by atoms with Gasteiger partial charge in [-0.3, -0.25) is 18.9 Å². The molecule has 0 aromatic heterocycles. The third-order valence-corrected chi connectivity index (χ3v) is 3.43. The van der Waals surface area contributed by atoms with E-state index in [-0.39, 0.29) is 18.9 Å². The number of carbonyl (C=O) groups is 4. The molecule has 12 nitrogen and oxygen atoms in total. The smallest absolute Gasteiger partial charge is 0.348 e. The summed E-state index contributed by atoms with van der Waals surface area (Å²) in [5.74, 6) is -2.26. The summed E-state index contributed by atoms with van der Waals surface area (Å²) in [6, 6.07) is -2.50. The molecule has 0 heterocycles. The van der Waals surface area contributed by atoms with Crippen LogP contribution in [0.1, 0.15) is 20.3 Å². The van der Waals surface area contributed by atoms with E-state index in [0.29, 0.717) is 6.29 Å². The van der Waals surface area contributed by atoms with E-state index in [1.54, 1.807) is 13.8 Å². The Labute approximate surface area is 150 Å². The highest BCUT2D eigenvalue weighted by atomic mass is 31.2. The van der Waals surface area contributed by atoms with E-state index < -0.39 is 50.8 Å². The zero-order valence-corrected chi connectivity index (χ0v) is 15.4. The van der Waals surface area contributed by atoms with Gasteiger partial charge in [0.15, 0.2) is 0 Å². The predicted molar refractivity (Wildman–Crippen MR) is 89.4 cm³/mol. The van der Waals surface area contributed by atoms with Crippen molar-refractivity contribution in [2.24, 2.45) is 11.7 Å². The third-order valence-electron chi connectivity index (χ3n) is 2.95. The molecular formula is C13H25N4O8P. The molecule has 7 N–H and O–H groups in total. The molecule has 150 valence electrons. The van der Waals surface area contributed by atoms with Gasteiger partial charge in [0.05, 0.1) is 19.7 Å². The van der Waals surface area contributed by atoms with E-state index in [1.807, 2.05) is 0 Å². The van der Waals surface area contributed by atoms with Crippen LogP contribution in [-0.2, 0) is 28.3 Å². The molecule has 3 amide bonds. The molecule has 0 unspecified atom stereocenters. The Morgan fingerprint density at radius 1 is 1.15 bits per heavy atom. The van der Waals surface area contributed by atoms with Crippen molar-refractivity contribution in [3.05, 3.63) is 0 Å². The molecule has 2 atom stereocenters. The van der Waals surface area contributed by atoms with Crippen molar-refractivity contribution >= 4 is 31.8 Å². The van der Waals surface area contributed by atoms with Crippen LogP contribution in [0.25, 0.3) is 0 Å². The number of aldehydes is 1. The lowest BCUT2D eigenvalue weighted by molar-refractivity contribution is -0.133. The Bertz CT molecular complexity index is 550. The lowest BCUT2D eigenvalue weighted by Gasteiger charge is -2.24. The number of hydrogen-bond donors (Lipinski definition) is 6. The molecule has 0 bridgehead atoms. The normalized spacial score (nSPS) is 13.6. The van der Waals surface area contributed by atoms with Crippen LogP contribution in [0.4, 0.5) is 0 Å². The van der Waals surface area contributed by atoms with E-state index in [2.05, 4.69) is 20.5 Å². The number of nitrogens with two attached hydrogens (primary N) is 1. The average molecular weight is 396 g/mol. The predicted octanol–water partition coefficient (Wildman–Crippen LogP) is -2.61. The van der Waals surface area contributed by atoms with Crippen LogP contribution in [0.2, 0.25) is 0 Å². The molecule has 0 aliphatic rings. The number of phosphoric ester groups is 1. The second kappa shape index (κ2) is 11.7. The van der Waals surface area contributed by atoms with Crippen molar-refractivity contribution in [2.75, 3.05) is 19.7 Å². The first-order valence-electron chi connectivity index (χ1n) is 7.71. The van der Waals surface area contributed by atoms with Gasteiger partial charge in [0.25, 0.3) is 0 Å². The highest BCUT2D eigenvalue weighted by Crippen LogP contribution is 2.35. The second-order valence-corrected chi connectivity index (χ2v) is 6.95. The van der Waals surface area contributed by atoms with E-state index in [9.17, 15) is 23.7 Å². The summed E-state index contributed by atoms with van der Waals surface area (Å²) in [6.45, 7) is 2.08. The molecule has 0 radical (unpaired) electrons. The molecule has 0 fully saturated rings. The number of nitrogens with one attached hydrogen (secondary N) is 3. The van der Waals surface area contributed by atoms with Gasteiger partial charge in [-0.2, -0.15) is 0 Å². The monoisotopic (exact) mass is 396 g/mol. The van der Waals surface area contributed by atoms with Gasteiger partial charge in [-0.25, -0.2) is 4.57 Å². The second-order valence-electron chi connectivity index (χ2n) is 5.71. The molecule has 26 heavy (non-hydrogen) atoms. The molecule has 0 saturated carbocycles. The van der Waals surface area contributed by atoms with E-state index >= 15 is 0 Å². The molecule has 0 aromatic rings. The third kappa shape index (κ3) is 10.9. The average Bonchev–Trinajstić information content (AvgIpc) is 2.53. The zero-order valence-electron chi connectivity index (χ0n) is 14.5. The lowest BCUT2D eigenvalue weighted by atomic mass is 10.0. The Hall–Kier alpha value is -1.85. The Morgan fingerprint density at radius 2 is 1.77 bits per heavy atom. The summed E-state index contributed by atoms with van der Waals surface area (Å²) in [5, 5.41) is 6.82. The summed E-state index contributed by atoms with van der Waals surface area (Å²) in [5.41, 5.74) is 5.14. The zero-order chi connectivity index (χ0) is 20.3. The standard InChI is InChI=1S/C13H25N4O8P/c1-8(2)5-9(12(20)15-3-4-18)17-13(21)10(16-11(19)6-14)7-25-26(22,23)24/h4,8-10H,3,5-7,14H2,1-2H3,(H,15,20)(H,16,19)(H,17,21)(H2,22,23,24)/t9-,10-/m0/s1. The van der Waals surface area contributed by atoms with Crippen molar-refractivity contribution < 1.29 is 38.1 Å². The number of carbonyl (C=O) groups excluding carboxylic acids is 4. The van der Waals surface area contributed by atoms with Crippen molar-refractivity contribution in [3.63, 3.8) is 0 Å². The SMILES string of the molecule is CC(C)C[C@H](NC(=O)[C@H](COP(=O)(O)O)NC(=O)CN)C(=O)NCC=O. The van der Waals surface area contributed by atoms with Crippen LogP contribution in [0.15, 0.2) is 0 Å². The fourth-order valence-corrected chi connectivity index (χ4v) is 2.19. The van der Waals surface area contributed by atoms with Gasteiger partial charge >= 0.3 is 7.82 Å². The van der Waals surface area contributed by atoms with Crippen molar-refractivity contribution in [1.29, 1.82) is 0 Å². The maximum Gasteiger partial charge on any atom is 0.469 e. The fourth-order valence-electron chi connectivity index (χ4n) is 1.85. The minimum atomic E-state index is -4.88. The summed E-state index contributed by atoms with van der Waals surface area (Å²) < 4.78 is 15.1. The highest BCUT2D eigenvalue weighted by molar-refractivity contribution is 7.46. The van der Waals surface area contributed by atoms with Gasteiger partial charge in [-0.15, -0.1) is 0 Å². The van der Waals surface area contributed by atoms with Crippen LogP contribution in [0, 0.1) is 5.92 Å². The van der Waals surface area contributed by atoms with Gasteiger partial charge in [-0.05, 0) is 12.3 Å². The molecule has 0 aliphatic carbocycles. The van der Waals surface area contributed by atoms with E-state index in [1.165, 1.54) is 0 Å². The number of amides is 3. The summed E-state index contributed by atoms with van der Waals surface area (Å²) in [7, 11) is -4.88. The minimum Gasteiger partial charge on any atom is -0.348 e. The Kier molecular flexibility index (Phi) is 10.9. The fraction of sp³-hybridized carbons (Fsp3) is 0.692. The Morgan fingerprint density at radius 3 is 2.23 bits per heavy atom. The number of phosphoric acid groups is 1. The topological polar surface area (TPSA) is 197 Å². The van der Waals surface area contributed by atoms with Gasteiger partial charge in [0, 0.05) is 0 Å². The molecular weight excluding hydrogens is 371 g/mol. The summed E-state index contributed by atoms with van der Waals surface area (Å²) in [6.07, 6.45) is 0.706. The van der Waals surface area contributed by atoms with E-state index in [4.69, 9.17) is 15.5 Å². The van der Waals surface area contributed by atoms with Crippen LogP contribution in [-0.4, -0.2) is 65.6 Å². The highest BCUT2D eigenvalue weighted by Gasteiger charge is 2.29. The molecule has 13 heteroatoms. The largest absolute Gasteiger partial charge is 0.469 e.